The average Bonchev–Trinajstić information content (AvgIpc) is 2.41. The summed E-state index contributed by atoms with van der Waals surface area (Å²) >= 11 is 8.87. The lowest BCUT2D eigenvalue weighted by atomic mass is 10.2. The molecular formula is C14H12BrClFNO2S. The van der Waals surface area contributed by atoms with E-state index in [0.29, 0.717) is 5.02 Å². The molecule has 7 heteroatoms. The van der Waals surface area contributed by atoms with E-state index in [0.717, 1.165) is 15.9 Å². The first-order chi connectivity index (χ1) is 9.80. The molecule has 0 bridgehead atoms. The van der Waals surface area contributed by atoms with Crippen LogP contribution in [0.2, 0.25) is 5.02 Å². The third-order valence-corrected chi connectivity index (χ3v) is 5.57. The van der Waals surface area contributed by atoms with E-state index in [4.69, 9.17) is 11.6 Å². The lowest BCUT2D eigenvalue weighted by molar-refractivity contribution is 0.466. The van der Waals surface area contributed by atoms with Crippen LogP contribution < -0.4 is 0 Å². The fourth-order valence-electron chi connectivity index (χ4n) is 1.79. The van der Waals surface area contributed by atoms with Crippen molar-refractivity contribution in [3.63, 3.8) is 0 Å². The van der Waals surface area contributed by atoms with Crippen LogP contribution in [0.25, 0.3) is 0 Å². The number of halogens is 3. The van der Waals surface area contributed by atoms with Gasteiger partial charge in [-0.25, -0.2) is 12.8 Å². The highest BCUT2D eigenvalue weighted by atomic mass is 79.9. The summed E-state index contributed by atoms with van der Waals surface area (Å²) in [7, 11) is -2.32. The van der Waals surface area contributed by atoms with Gasteiger partial charge in [-0.05, 0) is 51.8 Å². The Labute approximate surface area is 136 Å². The van der Waals surface area contributed by atoms with Crippen molar-refractivity contribution in [1.82, 2.24) is 4.31 Å². The van der Waals surface area contributed by atoms with Crippen LogP contribution in [0.5, 0.6) is 0 Å². The largest absolute Gasteiger partial charge is 0.243 e. The molecule has 2 rings (SSSR count). The molecule has 0 aromatic heterocycles. The summed E-state index contributed by atoms with van der Waals surface area (Å²) in [6, 6.07) is 10.6. The van der Waals surface area contributed by atoms with E-state index in [1.54, 1.807) is 24.3 Å². The van der Waals surface area contributed by atoms with E-state index in [-0.39, 0.29) is 15.9 Å². The lowest BCUT2D eigenvalue weighted by Gasteiger charge is -2.17. The van der Waals surface area contributed by atoms with Crippen molar-refractivity contribution >= 4 is 37.6 Å². The van der Waals surface area contributed by atoms with E-state index in [9.17, 15) is 12.8 Å². The predicted molar refractivity (Wildman–Crippen MR) is 84.2 cm³/mol. The standard InChI is InChI=1S/C14H12BrClFNO2S/c1-18(9-10-3-2-4-11(16)7-10)21(19,20)12-5-6-13(15)14(17)8-12/h2-8H,9H2,1H3. The quantitative estimate of drug-likeness (QED) is 0.787. The number of hydrogen-bond acceptors (Lipinski definition) is 2. The summed E-state index contributed by atoms with van der Waals surface area (Å²) in [6.07, 6.45) is 0. The molecule has 0 aliphatic rings. The summed E-state index contributed by atoms with van der Waals surface area (Å²) in [4.78, 5) is -0.0901. The Morgan fingerprint density at radius 3 is 2.57 bits per heavy atom. The van der Waals surface area contributed by atoms with Crippen molar-refractivity contribution in [2.75, 3.05) is 7.05 Å². The van der Waals surface area contributed by atoms with Gasteiger partial charge >= 0.3 is 0 Å². The summed E-state index contributed by atoms with van der Waals surface area (Å²) in [5, 5.41) is 0.535. The number of rotatable bonds is 4. The molecule has 0 atom stereocenters. The van der Waals surface area contributed by atoms with Gasteiger partial charge in [0.05, 0.1) is 9.37 Å². The fourth-order valence-corrected chi connectivity index (χ4v) is 3.43. The SMILES string of the molecule is CN(Cc1cccc(Cl)c1)S(=O)(=O)c1ccc(Br)c(F)c1. The van der Waals surface area contributed by atoms with Crippen molar-refractivity contribution in [2.24, 2.45) is 0 Å². The molecule has 21 heavy (non-hydrogen) atoms. The van der Waals surface area contributed by atoms with Crippen molar-refractivity contribution in [3.8, 4) is 0 Å². The Morgan fingerprint density at radius 1 is 1.24 bits per heavy atom. The minimum atomic E-state index is -3.76. The molecule has 0 N–H and O–H groups in total. The van der Waals surface area contributed by atoms with Crippen LogP contribution in [-0.4, -0.2) is 19.8 Å². The zero-order valence-electron chi connectivity index (χ0n) is 11.1. The van der Waals surface area contributed by atoms with Crippen LogP contribution in [0, 0.1) is 5.82 Å². The van der Waals surface area contributed by atoms with Crippen molar-refractivity contribution in [2.45, 2.75) is 11.4 Å². The fraction of sp³-hybridized carbons (Fsp3) is 0.143. The Balaban J connectivity index is 2.28. The van der Waals surface area contributed by atoms with Crippen LogP contribution in [0.1, 0.15) is 5.56 Å². The molecular weight excluding hydrogens is 381 g/mol. The topological polar surface area (TPSA) is 37.4 Å². The van der Waals surface area contributed by atoms with Gasteiger partial charge in [-0.3, -0.25) is 0 Å². The highest BCUT2D eigenvalue weighted by Gasteiger charge is 2.22. The number of sulfonamides is 1. The van der Waals surface area contributed by atoms with E-state index >= 15 is 0 Å². The third kappa shape index (κ3) is 3.83. The Hall–Kier alpha value is -0.950. The van der Waals surface area contributed by atoms with Gasteiger partial charge in [0.25, 0.3) is 0 Å². The molecule has 0 aliphatic carbocycles. The number of nitrogens with zero attached hydrogens (tertiary/aromatic N) is 1. The summed E-state index contributed by atoms with van der Waals surface area (Å²) in [6.45, 7) is 0.153. The van der Waals surface area contributed by atoms with Crippen LogP contribution in [0.15, 0.2) is 51.8 Å². The van der Waals surface area contributed by atoms with Crippen LogP contribution in [0.4, 0.5) is 4.39 Å². The summed E-state index contributed by atoms with van der Waals surface area (Å²) in [5.41, 5.74) is 0.756. The number of hydrogen-bond donors (Lipinski definition) is 0. The van der Waals surface area contributed by atoms with E-state index in [1.165, 1.54) is 19.2 Å². The third-order valence-electron chi connectivity index (χ3n) is 2.89. The van der Waals surface area contributed by atoms with Gasteiger partial charge in [-0.1, -0.05) is 23.7 Å². The average molecular weight is 393 g/mol. The normalized spacial score (nSPS) is 11.9. The van der Waals surface area contributed by atoms with E-state index in [1.807, 2.05) is 0 Å². The maximum absolute atomic E-state index is 13.5. The maximum atomic E-state index is 13.5. The smallest absolute Gasteiger partial charge is 0.207 e. The Morgan fingerprint density at radius 2 is 1.95 bits per heavy atom. The number of benzene rings is 2. The molecule has 0 amide bonds. The second kappa shape index (κ2) is 6.44. The Bertz CT molecular complexity index is 767. The van der Waals surface area contributed by atoms with Crippen LogP contribution >= 0.6 is 27.5 Å². The molecule has 0 saturated heterocycles. The van der Waals surface area contributed by atoms with Gasteiger partial charge in [0.1, 0.15) is 5.82 Å². The minimum Gasteiger partial charge on any atom is -0.207 e. The molecule has 0 radical (unpaired) electrons. The molecule has 2 aromatic rings. The second-order valence-electron chi connectivity index (χ2n) is 4.47. The first-order valence-electron chi connectivity index (χ1n) is 5.96. The van der Waals surface area contributed by atoms with Crippen LogP contribution in [0.3, 0.4) is 0 Å². The maximum Gasteiger partial charge on any atom is 0.243 e. The van der Waals surface area contributed by atoms with Crippen molar-refractivity contribution < 1.29 is 12.8 Å². The van der Waals surface area contributed by atoms with Gasteiger partial charge < -0.3 is 0 Å². The minimum absolute atomic E-state index is 0.0901. The van der Waals surface area contributed by atoms with Crippen LogP contribution in [-0.2, 0) is 16.6 Å². The molecule has 0 spiro atoms. The van der Waals surface area contributed by atoms with Gasteiger partial charge in [-0.15, -0.1) is 0 Å². The molecule has 0 fully saturated rings. The lowest BCUT2D eigenvalue weighted by Crippen LogP contribution is -2.26. The van der Waals surface area contributed by atoms with Gasteiger partial charge in [0.15, 0.2) is 0 Å². The van der Waals surface area contributed by atoms with Crippen molar-refractivity contribution in [3.05, 3.63) is 63.3 Å². The molecule has 2 aromatic carbocycles. The molecule has 3 nitrogen and oxygen atoms in total. The summed E-state index contributed by atoms with van der Waals surface area (Å²) < 4.78 is 39.7. The first-order valence-corrected chi connectivity index (χ1v) is 8.57. The van der Waals surface area contributed by atoms with E-state index < -0.39 is 15.8 Å². The van der Waals surface area contributed by atoms with Crippen molar-refractivity contribution in [1.29, 1.82) is 0 Å². The molecule has 0 unspecified atom stereocenters. The van der Waals surface area contributed by atoms with Gasteiger partial charge in [0, 0.05) is 18.6 Å². The predicted octanol–water partition coefficient (Wildman–Crippen LogP) is 4.06. The zero-order chi connectivity index (χ0) is 15.6. The zero-order valence-corrected chi connectivity index (χ0v) is 14.2. The second-order valence-corrected chi connectivity index (χ2v) is 7.80. The van der Waals surface area contributed by atoms with Gasteiger partial charge in [-0.2, -0.15) is 4.31 Å². The molecule has 0 aliphatic heterocycles. The highest BCUT2D eigenvalue weighted by Crippen LogP contribution is 2.23. The molecule has 0 saturated carbocycles. The summed E-state index contributed by atoms with van der Waals surface area (Å²) in [5.74, 6) is -0.618. The monoisotopic (exact) mass is 391 g/mol. The van der Waals surface area contributed by atoms with E-state index in [2.05, 4.69) is 15.9 Å². The molecule has 0 heterocycles. The first kappa shape index (κ1) is 16.4. The Kier molecular flexibility index (Phi) is 5.03. The highest BCUT2D eigenvalue weighted by molar-refractivity contribution is 9.10. The molecule has 112 valence electrons. The van der Waals surface area contributed by atoms with Gasteiger partial charge in [0.2, 0.25) is 10.0 Å².